The monoisotopic (exact) mass is 384 g/mol. The summed E-state index contributed by atoms with van der Waals surface area (Å²) in [6.07, 6.45) is 3.27. The molecule has 0 aliphatic carbocycles. The number of hydrogen-bond acceptors (Lipinski definition) is 4. The van der Waals surface area contributed by atoms with Gasteiger partial charge in [-0.15, -0.1) is 23.5 Å². The summed E-state index contributed by atoms with van der Waals surface area (Å²) < 4.78 is 0.301. The van der Waals surface area contributed by atoms with E-state index in [9.17, 15) is 9.59 Å². The van der Waals surface area contributed by atoms with Crippen molar-refractivity contribution >= 4 is 84.3 Å². The Hall–Kier alpha value is 0.871. The van der Waals surface area contributed by atoms with Gasteiger partial charge in [0.05, 0.1) is 4.24 Å². The molecular formula is C6H14BaO6S2. The topological polar surface area (TPSA) is 138 Å². The summed E-state index contributed by atoms with van der Waals surface area (Å²) in [5, 5.41) is 17.0. The van der Waals surface area contributed by atoms with Crippen LogP contribution in [-0.4, -0.2) is 94.5 Å². The molecule has 6 nitrogen and oxygen atoms in total. The van der Waals surface area contributed by atoms with Gasteiger partial charge in [-0.3, -0.25) is 0 Å². The Kier molecular flexibility index (Phi) is 21.5. The predicted molar refractivity (Wildman–Crippen MR) is 65.1 cm³/mol. The van der Waals surface area contributed by atoms with Crippen molar-refractivity contribution in [3.63, 3.8) is 0 Å². The number of aliphatic carboxylic acids is 2. The van der Waals surface area contributed by atoms with Crippen molar-refractivity contribution in [1.82, 2.24) is 0 Å². The zero-order valence-electron chi connectivity index (χ0n) is 7.53. The molecule has 0 aliphatic heterocycles. The SMILES string of the molecule is CSC(SC)=C(C(=O)O)C(=O)O.O.O.[BaH2]. The van der Waals surface area contributed by atoms with Gasteiger partial charge in [-0.2, -0.15) is 0 Å². The Labute approximate surface area is 136 Å². The molecule has 0 aromatic rings. The second-order valence-corrected chi connectivity index (χ2v) is 3.57. The second kappa shape index (κ2) is 12.9. The maximum atomic E-state index is 10.4. The van der Waals surface area contributed by atoms with Crippen molar-refractivity contribution in [3.8, 4) is 0 Å². The van der Waals surface area contributed by atoms with Gasteiger partial charge in [0.25, 0.3) is 0 Å². The first-order valence-corrected chi connectivity index (χ1v) is 5.28. The van der Waals surface area contributed by atoms with Gasteiger partial charge < -0.3 is 21.2 Å². The van der Waals surface area contributed by atoms with E-state index < -0.39 is 17.5 Å². The molecule has 0 aliphatic rings. The minimum atomic E-state index is -1.40. The molecular weight excluding hydrogens is 370 g/mol. The van der Waals surface area contributed by atoms with Crippen LogP contribution in [0.1, 0.15) is 0 Å². The Morgan fingerprint density at radius 1 is 0.933 bits per heavy atom. The van der Waals surface area contributed by atoms with Crippen LogP contribution in [0.15, 0.2) is 9.81 Å². The summed E-state index contributed by atoms with van der Waals surface area (Å²) in [6.45, 7) is 0. The van der Waals surface area contributed by atoms with E-state index in [0.29, 0.717) is 4.24 Å². The molecule has 0 rings (SSSR count). The zero-order valence-corrected chi connectivity index (χ0v) is 9.16. The molecule has 0 amide bonds. The van der Waals surface area contributed by atoms with Gasteiger partial charge in [-0.05, 0) is 12.5 Å². The molecule has 0 aromatic carbocycles. The first-order chi connectivity index (χ1) is 5.54. The van der Waals surface area contributed by atoms with E-state index in [1.807, 2.05) is 0 Å². The van der Waals surface area contributed by atoms with Crippen LogP contribution in [0.3, 0.4) is 0 Å². The fourth-order valence-corrected chi connectivity index (χ4v) is 1.98. The van der Waals surface area contributed by atoms with Crippen LogP contribution in [0.5, 0.6) is 0 Å². The van der Waals surface area contributed by atoms with Gasteiger partial charge in [0.15, 0.2) is 5.57 Å². The number of carboxylic acid groups (broad SMARTS) is 2. The summed E-state index contributed by atoms with van der Waals surface area (Å²) in [7, 11) is 0. The molecule has 6 N–H and O–H groups in total. The predicted octanol–water partition coefficient (Wildman–Crippen LogP) is -1.47. The molecule has 0 spiro atoms. The van der Waals surface area contributed by atoms with E-state index >= 15 is 0 Å². The van der Waals surface area contributed by atoms with Crippen LogP contribution in [0.4, 0.5) is 0 Å². The first-order valence-electron chi connectivity index (χ1n) is 2.83. The quantitative estimate of drug-likeness (QED) is 0.263. The summed E-state index contributed by atoms with van der Waals surface area (Å²) in [6, 6.07) is 0. The fourth-order valence-electron chi connectivity index (χ4n) is 0.554. The molecule has 0 saturated heterocycles. The van der Waals surface area contributed by atoms with Crippen molar-refractivity contribution in [3.05, 3.63) is 9.81 Å². The number of hydrogen-bond donors (Lipinski definition) is 2. The summed E-state index contributed by atoms with van der Waals surface area (Å²) in [5.41, 5.74) is -0.560. The molecule has 0 heterocycles. The average Bonchev–Trinajstić information content (AvgIpc) is 1.98. The van der Waals surface area contributed by atoms with Crippen LogP contribution in [0, 0.1) is 0 Å². The minimum absolute atomic E-state index is 0. The van der Waals surface area contributed by atoms with E-state index in [1.165, 1.54) is 0 Å². The third-order valence-corrected chi connectivity index (χ3v) is 3.15. The Bertz CT molecular complexity index is 220. The molecule has 9 heteroatoms. The van der Waals surface area contributed by atoms with Crippen molar-refractivity contribution < 1.29 is 30.8 Å². The summed E-state index contributed by atoms with van der Waals surface area (Å²) >= 11 is 2.23. The zero-order chi connectivity index (χ0) is 9.72. The van der Waals surface area contributed by atoms with Crippen molar-refractivity contribution in [2.75, 3.05) is 12.5 Å². The van der Waals surface area contributed by atoms with E-state index in [0.717, 1.165) is 23.5 Å². The molecule has 0 saturated carbocycles. The van der Waals surface area contributed by atoms with Crippen LogP contribution in [-0.2, 0) is 9.59 Å². The number of carboxylic acids is 2. The first kappa shape index (κ1) is 24.9. The van der Waals surface area contributed by atoms with Gasteiger partial charge in [-0.25, -0.2) is 9.59 Å². The van der Waals surface area contributed by atoms with E-state index in [2.05, 4.69) is 0 Å². The van der Waals surface area contributed by atoms with E-state index in [1.54, 1.807) is 12.5 Å². The van der Waals surface area contributed by atoms with Gasteiger partial charge in [0.1, 0.15) is 0 Å². The molecule has 0 aromatic heterocycles. The number of thioether (sulfide) groups is 2. The molecule has 0 radical (unpaired) electrons. The summed E-state index contributed by atoms with van der Waals surface area (Å²) in [5.74, 6) is -2.80. The van der Waals surface area contributed by atoms with Crippen LogP contribution in [0.25, 0.3) is 0 Å². The Morgan fingerprint density at radius 2 is 1.20 bits per heavy atom. The maximum absolute atomic E-state index is 10.4. The number of rotatable bonds is 4. The van der Waals surface area contributed by atoms with Crippen LogP contribution < -0.4 is 0 Å². The van der Waals surface area contributed by atoms with Gasteiger partial charge in [0.2, 0.25) is 0 Å². The van der Waals surface area contributed by atoms with Crippen molar-refractivity contribution in [2.45, 2.75) is 0 Å². The Morgan fingerprint density at radius 3 is 1.27 bits per heavy atom. The third-order valence-electron chi connectivity index (χ3n) is 1.00. The third kappa shape index (κ3) is 8.66. The molecule has 0 bridgehead atoms. The van der Waals surface area contributed by atoms with E-state index in [-0.39, 0.29) is 59.8 Å². The van der Waals surface area contributed by atoms with Gasteiger partial charge in [0, 0.05) is 0 Å². The molecule has 15 heavy (non-hydrogen) atoms. The van der Waals surface area contributed by atoms with Gasteiger partial charge >= 0.3 is 60.8 Å². The molecule has 88 valence electrons. The average molecular weight is 384 g/mol. The van der Waals surface area contributed by atoms with Crippen molar-refractivity contribution in [1.29, 1.82) is 0 Å². The second-order valence-electron chi connectivity index (χ2n) is 1.68. The van der Waals surface area contributed by atoms with Gasteiger partial charge in [-0.1, -0.05) is 0 Å². The normalized spacial score (nSPS) is 7.33. The van der Waals surface area contributed by atoms with Crippen LogP contribution >= 0.6 is 23.5 Å². The standard InChI is InChI=1S/C6H8O4S2.Ba.2H2O.2H/c1-11-6(12-2)3(4(7)8)5(9)10;;;;;/h1-2H3,(H,7,8)(H,9,10);;2*1H2;;. The summed E-state index contributed by atoms with van der Waals surface area (Å²) in [4.78, 5) is 20.9. The molecule has 0 unspecified atom stereocenters. The Balaban J connectivity index is -0.000000202. The van der Waals surface area contributed by atoms with E-state index in [4.69, 9.17) is 10.2 Å². The van der Waals surface area contributed by atoms with Crippen LogP contribution in [0.2, 0.25) is 0 Å². The molecule has 0 fully saturated rings. The molecule has 0 atom stereocenters. The van der Waals surface area contributed by atoms with Crippen molar-refractivity contribution in [2.24, 2.45) is 0 Å². The fraction of sp³-hybridized carbons (Fsp3) is 0.333. The number of carbonyl (C=O) groups is 2.